The number of rotatable bonds is 1. The molecular weight excluding hydrogens is 188 g/mol. The Hall–Kier alpha value is -1.54. The van der Waals surface area contributed by atoms with Gasteiger partial charge >= 0.3 is 0 Å². The summed E-state index contributed by atoms with van der Waals surface area (Å²) in [6.45, 7) is 1.74. The van der Waals surface area contributed by atoms with Crippen molar-refractivity contribution < 1.29 is 4.92 Å². The van der Waals surface area contributed by atoms with Gasteiger partial charge in [0.05, 0.1) is 4.92 Å². The molecule has 0 amide bonds. The Labute approximate surface area is 80.4 Å². The van der Waals surface area contributed by atoms with Gasteiger partial charge in [-0.1, -0.05) is 6.07 Å². The highest BCUT2D eigenvalue weighted by molar-refractivity contribution is 7.80. The minimum Gasteiger partial charge on any atom is -0.258 e. The fourth-order valence-electron chi connectivity index (χ4n) is 0.947. The zero-order valence-corrected chi connectivity index (χ0v) is 7.71. The van der Waals surface area contributed by atoms with Crippen molar-refractivity contribution in [2.45, 2.75) is 11.8 Å². The van der Waals surface area contributed by atoms with Crippen LogP contribution in [-0.2, 0) is 0 Å². The number of nitriles is 1. The van der Waals surface area contributed by atoms with Gasteiger partial charge in [-0.2, -0.15) is 5.26 Å². The van der Waals surface area contributed by atoms with E-state index in [1.54, 1.807) is 19.1 Å². The van der Waals surface area contributed by atoms with Gasteiger partial charge in [-0.05, 0) is 12.5 Å². The molecule has 13 heavy (non-hydrogen) atoms. The number of aryl methyl sites for hydroxylation is 1. The third-order valence-electron chi connectivity index (χ3n) is 1.67. The molecule has 4 nitrogen and oxygen atoms in total. The van der Waals surface area contributed by atoms with Gasteiger partial charge in [0.15, 0.2) is 0 Å². The number of nitro benzene ring substituents is 1. The summed E-state index contributed by atoms with van der Waals surface area (Å²) in [5, 5.41) is 19.1. The first kappa shape index (κ1) is 9.55. The number of hydrogen-bond acceptors (Lipinski definition) is 4. The Morgan fingerprint density at radius 3 is 2.69 bits per heavy atom. The molecule has 0 N–H and O–H groups in total. The highest BCUT2D eigenvalue weighted by Crippen LogP contribution is 2.26. The van der Waals surface area contributed by atoms with Crippen LogP contribution in [0.4, 0.5) is 5.69 Å². The number of hydrogen-bond donors (Lipinski definition) is 1. The van der Waals surface area contributed by atoms with Crippen LogP contribution in [0.2, 0.25) is 0 Å². The molecule has 0 aliphatic rings. The standard InChI is InChI=1S/C8H6N2O2S/c1-5-2-3-7(10(11)12)6(4-9)8(5)13/h2-3,13H,1H3. The van der Waals surface area contributed by atoms with E-state index in [4.69, 9.17) is 5.26 Å². The van der Waals surface area contributed by atoms with Crippen LogP contribution in [0.3, 0.4) is 0 Å². The third-order valence-corrected chi connectivity index (χ3v) is 2.24. The topological polar surface area (TPSA) is 66.9 Å². The van der Waals surface area contributed by atoms with Crippen LogP contribution < -0.4 is 0 Å². The van der Waals surface area contributed by atoms with E-state index < -0.39 is 4.92 Å². The van der Waals surface area contributed by atoms with Crippen molar-refractivity contribution in [3.63, 3.8) is 0 Å². The number of thiol groups is 1. The molecule has 5 heteroatoms. The predicted octanol–water partition coefficient (Wildman–Crippen LogP) is 2.06. The second kappa shape index (κ2) is 3.46. The van der Waals surface area contributed by atoms with E-state index in [0.29, 0.717) is 4.90 Å². The van der Waals surface area contributed by atoms with Gasteiger partial charge in [0.1, 0.15) is 11.6 Å². The summed E-state index contributed by atoms with van der Waals surface area (Å²) in [6.07, 6.45) is 0. The second-order valence-corrected chi connectivity index (χ2v) is 2.94. The summed E-state index contributed by atoms with van der Waals surface area (Å²) < 4.78 is 0. The van der Waals surface area contributed by atoms with Crippen molar-refractivity contribution in [3.8, 4) is 6.07 Å². The molecule has 1 aromatic rings. The normalized spacial score (nSPS) is 9.31. The van der Waals surface area contributed by atoms with Crippen molar-refractivity contribution in [2.75, 3.05) is 0 Å². The fourth-order valence-corrected chi connectivity index (χ4v) is 1.19. The first-order chi connectivity index (χ1) is 6.07. The van der Waals surface area contributed by atoms with Gasteiger partial charge < -0.3 is 0 Å². The van der Waals surface area contributed by atoms with E-state index >= 15 is 0 Å². The van der Waals surface area contributed by atoms with E-state index in [-0.39, 0.29) is 11.3 Å². The highest BCUT2D eigenvalue weighted by Gasteiger charge is 2.16. The van der Waals surface area contributed by atoms with E-state index in [2.05, 4.69) is 12.6 Å². The Morgan fingerprint density at radius 2 is 2.23 bits per heavy atom. The van der Waals surface area contributed by atoms with Crippen molar-refractivity contribution in [1.82, 2.24) is 0 Å². The van der Waals surface area contributed by atoms with Crippen LogP contribution in [0.1, 0.15) is 11.1 Å². The fraction of sp³-hybridized carbons (Fsp3) is 0.125. The SMILES string of the molecule is Cc1ccc([N+](=O)[O-])c(C#N)c1S. The molecule has 0 aromatic heterocycles. The molecule has 1 rings (SSSR count). The smallest absolute Gasteiger partial charge is 0.258 e. The van der Waals surface area contributed by atoms with E-state index in [0.717, 1.165) is 5.56 Å². The summed E-state index contributed by atoms with van der Waals surface area (Å²) in [7, 11) is 0. The monoisotopic (exact) mass is 194 g/mol. The Balaban J connectivity index is 3.50. The van der Waals surface area contributed by atoms with Crippen LogP contribution in [0.5, 0.6) is 0 Å². The van der Waals surface area contributed by atoms with Crippen molar-refractivity contribution in [2.24, 2.45) is 0 Å². The molecule has 66 valence electrons. The first-order valence-corrected chi connectivity index (χ1v) is 3.89. The minimum absolute atomic E-state index is 0.0216. The number of nitrogens with zero attached hydrogens (tertiary/aromatic N) is 2. The molecule has 0 aliphatic heterocycles. The van der Waals surface area contributed by atoms with Crippen LogP contribution in [-0.4, -0.2) is 4.92 Å². The lowest BCUT2D eigenvalue weighted by Gasteiger charge is -2.00. The van der Waals surface area contributed by atoms with Gasteiger partial charge in [-0.3, -0.25) is 10.1 Å². The van der Waals surface area contributed by atoms with Gasteiger partial charge in [-0.25, -0.2) is 0 Å². The molecule has 0 saturated heterocycles. The van der Waals surface area contributed by atoms with Crippen LogP contribution >= 0.6 is 12.6 Å². The Morgan fingerprint density at radius 1 is 1.62 bits per heavy atom. The van der Waals surface area contributed by atoms with Crippen LogP contribution in [0.15, 0.2) is 17.0 Å². The minimum atomic E-state index is -0.586. The van der Waals surface area contributed by atoms with E-state index in [1.165, 1.54) is 6.07 Å². The number of benzene rings is 1. The maximum Gasteiger partial charge on any atom is 0.288 e. The lowest BCUT2D eigenvalue weighted by atomic mass is 10.1. The average molecular weight is 194 g/mol. The Kier molecular flexibility index (Phi) is 2.54. The zero-order chi connectivity index (χ0) is 10.0. The Bertz CT molecular complexity index is 409. The molecule has 0 fully saturated rings. The predicted molar refractivity (Wildman–Crippen MR) is 49.8 cm³/mol. The molecule has 0 spiro atoms. The summed E-state index contributed by atoms with van der Waals surface area (Å²) in [4.78, 5) is 10.3. The molecule has 0 unspecified atom stereocenters. The third kappa shape index (κ3) is 1.63. The maximum absolute atomic E-state index is 10.5. The van der Waals surface area contributed by atoms with Gasteiger partial charge in [0.25, 0.3) is 5.69 Å². The first-order valence-electron chi connectivity index (χ1n) is 3.45. The summed E-state index contributed by atoms with van der Waals surface area (Å²) in [6, 6.07) is 4.65. The molecule has 0 radical (unpaired) electrons. The van der Waals surface area contributed by atoms with Crippen LogP contribution in [0, 0.1) is 28.4 Å². The maximum atomic E-state index is 10.5. The molecule has 1 aromatic carbocycles. The highest BCUT2D eigenvalue weighted by atomic mass is 32.1. The number of nitro groups is 1. The summed E-state index contributed by atoms with van der Waals surface area (Å²) in [5.41, 5.74) is 0.580. The largest absolute Gasteiger partial charge is 0.288 e. The quantitative estimate of drug-likeness (QED) is 0.422. The molecule has 0 bridgehead atoms. The summed E-state index contributed by atoms with van der Waals surface area (Å²) in [5.74, 6) is 0. The molecule has 0 atom stereocenters. The van der Waals surface area contributed by atoms with Crippen molar-refractivity contribution in [3.05, 3.63) is 33.4 Å². The van der Waals surface area contributed by atoms with Crippen molar-refractivity contribution >= 4 is 18.3 Å². The molecule has 0 heterocycles. The van der Waals surface area contributed by atoms with E-state index in [1.807, 2.05) is 0 Å². The summed E-state index contributed by atoms with van der Waals surface area (Å²) >= 11 is 4.03. The zero-order valence-electron chi connectivity index (χ0n) is 6.81. The second-order valence-electron chi connectivity index (χ2n) is 2.49. The van der Waals surface area contributed by atoms with Crippen LogP contribution in [0.25, 0.3) is 0 Å². The lowest BCUT2D eigenvalue weighted by Crippen LogP contribution is -1.94. The van der Waals surface area contributed by atoms with Crippen molar-refractivity contribution in [1.29, 1.82) is 5.26 Å². The molecule has 0 saturated carbocycles. The lowest BCUT2D eigenvalue weighted by molar-refractivity contribution is -0.385. The average Bonchev–Trinajstić information content (AvgIpc) is 2.09. The van der Waals surface area contributed by atoms with Gasteiger partial charge in [-0.15, -0.1) is 12.6 Å². The van der Waals surface area contributed by atoms with Gasteiger partial charge in [0, 0.05) is 11.0 Å². The van der Waals surface area contributed by atoms with E-state index in [9.17, 15) is 10.1 Å². The molecular formula is C8H6N2O2S. The molecule has 0 aliphatic carbocycles. The van der Waals surface area contributed by atoms with Gasteiger partial charge in [0.2, 0.25) is 0 Å².